The second kappa shape index (κ2) is 8.40. The molecule has 7 heteroatoms. The number of halogens is 1. The molecule has 0 aliphatic rings. The van der Waals surface area contributed by atoms with Crippen LogP contribution in [0, 0.1) is 6.92 Å². The Morgan fingerprint density at radius 3 is 2.46 bits per heavy atom. The molecule has 3 amide bonds. The Labute approximate surface area is 145 Å². The van der Waals surface area contributed by atoms with Gasteiger partial charge in [-0.05, 0) is 36.8 Å². The fourth-order valence-electron chi connectivity index (χ4n) is 2.03. The van der Waals surface area contributed by atoms with Crippen LogP contribution in [0.4, 0.5) is 4.79 Å². The van der Waals surface area contributed by atoms with Crippen molar-refractivity contribution in [3.63, 3.8) is 0 Å². The van der Waals surface area contributed by atoms with E-state index in [2.05, 4.69) is 10.6 Å². The van der Waals surface area contributed by atoms with Crippen LogP contribution in [-0.4, -0.2) is 30.4 Å². The molecule has 0 saturated heterocycles. The van der Waals surface area contributed by atoms with Gasteiger partial charge in [-0.2, -0.15) is 0 Å². The normalized spacial score (nSPS) is 10.3. The number of amides is 3. The van der Waals surface area contributed by atoms with E-state index in [9.17, 15) is 9.59 Å². The Kier molecular flexibility index (Phi) is 6.26. The van der Waals surface area contributed by atoms with Gasteiger partial charge in [-0.15, -0.1) is 0 Å². The van der Waals surface area contributed by atoms with Crippen LogP contribution >= 0.6 is 11.6 Å². The van der Waals surface area contributed by atoms with Gasteiger partial charge in [0.1, 0.15) is 11.5 Å². The van der Waals surface area contributed by atoms with Crippen molar-refractivity contribution in [2.45, 2.75) is 20.0 Å². The highest BCUT2D eigenvalue weighted by molar-refractivity contribution is 6.30. The van der Waals surface area contributed by atoms with Crippen molar-refractivity contribution in [3.05, 3.63) is 58.5 Å². The minimum absolute atomic E-state index is 0.0807. The summed E-state index contributed by atoms with van der Waals surface area (Å²) in [6.07, 6.45) is 0. The molecule has 2 N–H and O–H groups in total. The van der Waals surface area contributed by atoms with Crippen molar-refractivity contribution in [3.8, 4) is 0 Å². The molecule has 24 heavy (non-hydrogen) atoms. The SMILES string of the molecule is Cc1ccc(CN(C)C(=O)CNC(=O)NCc2ccc(Cl)cc2)o1. The summed E-state index contributed by atoms with van der Waals surface area (Å²) in [5, 5.41) is 5.86. The van der Waals surface area contributed by atoms with Gasteiger partial charge in [0, 0.05) is 18.6 Å². The quantitative estimate of drug-likeness (QED) is 0.842. The second-order valence-electron chi connectivity index (χ2n) is 5.42. The Balaban J connectivity index is 1.70. The van der Waals surface area contributed by atoms with Crippen molar-refractivity contribution in [2.75, 3.05) is 13.6 Å². The largest absolute Gasteiger partial charge is 0.464 e. The lowest BCUT2D eigenvalue weighted by molar-refractivity contribution is -0.129. The maximum absolute atomic E-state index is 12.0. The zero-order valence-electron chi connectivity index (χ0n) is 13.6. The molecular formula is C17H20ClN3O3. The van der Waals surface area contributed by atoms with E-state index >= 15 is 0 Å². The minimum Gasteiger partial charge on any atom is -0.464 e. The first-order valence-corrected chi connectivity index (χ1v) is 7.87. The van der Waals surface area contributed by atoms with E-state index < -0.39 is 6.03 Å². The number of likely N-dealkylation sites (N-methyl/N-ethyl adjacent to an activating group) is 1. The molecule has 1 aromatic heterocycles. The lowest BCUT2D eigenvalue weighted by Gasteiger charge is -2.16. The highest BCUT2D eigenvalue weighted by Crippen LogP contribution is 2.09. The van der Waals surface area contributed by atoms with Crippen molar-refractivity contribution < 1.29 is 14.0 Å². The fourth-order valence-corrected chi connectivity index (χ4v) is 2.16. The van der Waals surface area contributed by atoms with Gasteiger partial charge < -0.3 is 20.0 Å². The molecule has 0 unspecified atom stereocenters. The van der Waals surface area contributed by atoms with E-state index in [4.69, 9.17) is 16.0 Å². The van der Waals surface area contributed by atoms with Gasteiger partial charge in [0.25, 0.3) is 0 Å². The molecule has 0 atom stereocenters. The molecule has 0 aliphatic heterocycles. The monoisotopic (exact) mass is 349 g/mol. The first-order valence-electron chi connectivity index (χ1n) is 7.49. The molecule has 0 fully saturated rings. The van der Waals surface area contributed by atoms with Crippen molar-refractivity contribution in [2.24, 2.45) is 0 Å². The maximum atomic E-state index is 12.0. The van der Waals surface area contributed by atoms with Crippen LogP contribution in [0.15, 0.2) is 40.8 Å². The third-order valence-corrected chi connectivity index (χ3v) is 3.63. The van der Waals surface area contributed by atoms with Crippen molar-refractivity contribution in [1.82, 2.24) is 15.5 Å². The van der Waals surface area contributed by atoms with E-state index in [1.807, 2.05) is 31.2 Å². The smallest absolute Gasteiger partial charge is 0.315 e. The second-order valence-corrected chi connectivity index (χ2v) is 5.86. The average molecular weight is 350 g/mol. The molecule has 0 radical (unpaired) electrons. The van der Waals surface area contributed by atoms with E-state index in [0.717, 1.165) is 11.3 Å². The predicted octanol–water partition coefficient (Wildman–Crippen LogP) is 2.70. The molecule has 2 aromatic rings. The van der Waals surface area contributed by atoms with Crippen LogP contribution in [0.25, 0.3) is 0 Å². The molecule has 0 aliphatic carbocycles. The number of hydrogen-bond acceptors (Lipinski definition) is 3. The summed E-state index contributed by atoms with van der Waals surface area (Å²) in [7, 11) is 1.66. The molecule has 128 valence electrons. The fraction of sp³-hybridized carbons (Fsp3) is 0.294. The van der Waals surface area contributed by atoms with Crippen LogP contribution in [0.1, 0.15) is 17.1 Å². The lowest BCUT2D eigenvalue weighted by atomic mass is 10.2. The first kappa shape index (κ1) is 17.9. The number of aryl methyl sites for hydroxylation is 1. The number of urea groups is 1. The number of furan rings is 1. The molecule has 1 aromatic carbocycles. The highest BCUT2D eigenvalue weighted by Gasteiger charge is 2.12. The van der Waals surface area contributed by atoms with Gasteiger partial charge >= 0.3 is 6.03 Å². The molecular weight excluding hydrogens is 330 g/mol. The van der Waals surface area contributed by atoms with Crippen LogP contribution in [0.3, 0.4) is 0 Å². The van der Waals surface area contributed by atoms with Crippen molar-refractivity contribution >= 4 is 23.5 Å². The maximum Gasteiger partial charge on any atom is 0.315 e. The molecule has 2 rings (SSSR count). The summed E-state index contributed by atoms with van der Waals surface area (Å²) in [5.41, 5.74) is 0.922. The van der Waals surface area contributed by atoms with Gasteiger partial charge in [0.15, 0.2) is 0 Å². The van der Waals surface area contributed by atoms with E-state index in [1.54, 1.807) is 19.2 Å². The van der Waals surface area contributed by atoms with Gasteiger partial charge in [-0.1, -0.05) is 23.7 Å². The number of nitrogens with one attached hydrogen (secondary N) is 2. The van der Waals surface area contributed by atoms with Crippen LogP contribution in [0.5, 0.6) is 0 Å². The molecule has 6 nitrogen and oxygen atoms in total. The van der Waals surface area contributed by atoms with Gasteiger partial charge in [0.2, 0.25) is 5.91 Å². The summed E-state index contributed by atoms with van der Waals surface area (Å²) in [6.45, 7) is 2.49. The van der Waals surface area contributed by atoms with E-state index in [1.165, 1.54) is 4.90 Å². The Bertz CT molecular complexity index is 697. The summed E-state index contributed by atoms with van der Waals surface area (Å²) in [5.74, 6) is 1.30. The molecule has 0 spiro atoms. The Morgan fingerprint density at radius 2 is 1.83 bits per heavy atom. The Morgan fingerprint density at radius 1 is 1.12 bits per heavy atom. The summed E-state index contributed by atoms with van der Waals surface area (Å²) in [4.78, 5) is 25.2. The zero-order chi connectivity index (χ0) is 17.5. The number of rotatable bonds is 6. The topological polar surface area (TPSA) is 74.6 Å². The summed E-state index contributed by atoms with van der Waals surface area (Å²) >= 11 is 5.80. The highest BCUT2D eigenvalue weighted by atomic mass is 35.5. The summed E-state index contributed by atoms with van der Waals surface area (Å²) in [6, 6.07) is 10.4. The first-order chi connectivity index (χ1) is 11.4. The van der Waals surface area contributed by atoms with Gasteiger partial charge in [0.05, 0.1) is 13.1 Å². The molecule has 0 saturated carbocycles. The average Bonchev–Trinajstić information content (AvgIpc) is 2.96. The third-order valence-electron chi connectivity index (χ3n) is 3.38. The summed E-state index contributed by atoms with van der Waals surface area (Å²) < 4.78 is 5.42. The number of carbonyl (C=O) groups excluding carboxylic acids is 2. The van der Waals surface area contributed by atoms with Crippen molar-refractivity contribution in [1.29, 1.82) is 0 Å². The minimum atomic E-state index is -0.402. The van der Waals surface area contributed by atoms with Gasteiger partial charge in [-0.3, -0.25) is 4.79 Å². The zero-order valence-corrected chi connectivity index (χ0v) is 14.4. The third kappa shape index (κ3) is 5.62. The Hall–Kier alpha value is -2.47. The molecule has 1 heterocycles. The lowest BCUT2D eigenvalue weighted by Crippen LogP contribution is -2.42. The van der Waals surface area contributed by atoms with E-state index in [0.29, 0.717) is 23.9 Å². The number of carbonyl (C=O) groups is 2. The van der Waals surface area contributed by atoms with Crippen LogP contribution in [-0.2, 0) is 17.9 Å². The van der Waals surface area contributed by atoms with Crippen LogP contribution < -0.4 is 10.6 Å². The number of nitrogens with zero attached hydrogens (tertiary/aromatic N) is 1. The number of hydrogen-bond donors (Lipinski definition) is 2. The number of benzene rings is 1. The molecule has 0 bridgehead atoms. The van der Waals surface area contributed by atoms with Gasteiger partial charge in [-0.25, -0.2) is 4.79 Å². The van der Waals surface area contributed by atoms with Crippen LogP contribution in [0.2, 0.25) is 5.02 Å². The van der Waals surface area contributed by atoms with E-state index in [-0.39, 0.29) is 12.5 Å². The predicted molar refractivity (Wildman–Crippen MR) is 91.6 cm³/mol. The standard InChI is InChI=1S/C17H20ClN3O3/c1-12-3-8-15(24-12)11-21(2)16(22)10-20-17(23)19-9-13-4-6-14(18)7-5-13/h3-8H,9-11H2,1-2H3,(H2,19,20,23).